The van der Waals surface area contributed by atoms with E-state index in [1.54, 1.807) is 0 Å². The highest BCUT2D eigenvalue weighted by molar-refractivity contribution is 7.90. The van der Waals surface area contributed by atoms with E-state index in [4.69, 9.17) is 5.73 Å². The molecule has 0 bridgehead atoms. The van der Waals surface area contributed by atoms with E-state index in [1.807, 2.05) is 91.0 Å². The minimum atomic E-state index is -5.07. The Labute approximate surface area is 607 Å². The van der Waals surface area contributed by atoms with Gasteiger partial charge in [0.05, 0.1) is 30.2 Å². The zero-order chi connectivity index (χ0) is 76.2. The smallest absolute Gasteiger partial charge is 0.289 e. The van der Waals surface area contributed by atoms with Crippen molar-refractivity contribution in [1.82, 2.24) is 26.8 Å². The lowest BCUT2D eigenvalue weighted by atomic mass is 9.77. The normalized spacial score (nSPS) is 12.5. The topological polar surface area (TPSA) is 441 Å². The van der Waals surface area contributed by atoms with Crippen molar-refractivity contribution in [2.75, 3.05) is 78.5 Å². The average molecular weight is 1540 g/mol. The van der Waals surface area contributed by atoms with E-state index < -0.39 is 192 Å². The Balaban J connectivity index is 1.09. The van der Waals surface area contributed by atoms with Crippen LogP contribution in [0.25, 0.3) is 0 Å². The van der Waals surface area contributed by atoms with E-state index in [0.29, 0.717) is 4.31 Å². The molecule has 32 nitrogen and oxygen atoms in total. The lowest BCUT2D eigenvalue weighted by molar-refractivity contribution is -0.388. The van der Waals surface area contributed by atoms with Gasteiger partial charge in [-0.05, 0) is 105 Å². The van der Waals surface area contributed by atoms with Gasteiger partial charge in [0.1, 0.15) is 0 Å². The molecule has 3 N–H and O–H groups in total. The Hall–Kier alpha value is -9.77. The summed E-state index contributed by atoms with van der Waals surface area (Å²) in [5.41, 5.74) is 3.22. The Bertz CT molecular complexity index is 4890. The van der Waals surface area contributed by atoms with Gasteiger partial charge in [-0.2, -0.15) is 21.5 Å². The second kappa shape index (κ2) is 36.3. The van der Waals surface area contributed by atoms with Gasteiger partial charge in [-0.25, -0.2) is 42.1 Å². The molecule has 8 rings (SSSR count). The summed E-state index contributed by atoms with van der Waals surface area (Å²) in [6.45, 7) is -5.21. The van der Waals surface area contributed by atoms with Crippen molar-refractivity contribution in [3.63, 3.8) is 0 Å². The molecule has 0 unspecified atom stereocenters. The van der Waals surface area contributed by atoms with Gasteiger partial charge in [0.2, 0.25) is 50.1 Å². The summed E-state index contributed by atoms with van der Waals surface area (Å²) in [5.74, 6) is 0. The SMILES string of the molecule is NCCCN(CCCN(CCCN(CCCN(CCCCN(CCCNC(c1ccccc1)(c1ccccc1)c1ccccc1)S(=O)(=O)c1ccccc1[N+](=O)[O-])S(=O)(=O)c1ccccc1[N+](=O)[O-])S(=O)(=O)c1ccccc1[N+](=O)[O-])S(=O)(=O)c1ccccc1[N+](=O)[O-])S(=O)(=O)c1ccccc1[N+](=O)[O-]. The molecule has 0 saturated carbocycles. The molecule has 37 heteroatoms. The van der Waals surface area contributed by atoms with Crippen molar-refractivity contribution in [1.29, 1.82) is 0 Å². The van der Waals surface area contributed by atoms with Gasteiger partial charge in [0.15, 0.2) is 24.5 Å². The van der Waals surface area contributed by atoms with Crippen molar-refractivity contribution < 1.29 is 66.7 Å². The Kier molecular flexibility index (Phi) is 28.0. The number of nitrogens with two attached hydrogens (primary N) is 1. The summed E-state index contributed by atoms with van der Waals surface area (Å²) in [7, 11) is -24.5. The fourth-order valence-electron chi connectivity index (χ4n) is 12.1. The monoisotopic (exact) mass is 1540 g/mol. The van der Waals surface area contributed by atoms with Crippen LogP contribution in [0.2, 0.25) is 0 Å². The maximum absolute atomic E-state index is 14.9. The Morgan fingerprint density at radius 3 is 0.686 bits per heavy atom. The molecule has 8 aromatic carbocycles. The maximum Gasteiger partial charge on any atom is 0.289 e. The van der Waals surface area contributed by atoms with Crippen LogP contribution < -0.4 is 11.1 Å². The molecule has 558 valence electrons. The molecule has 0 radical (unpaired) electrons. The van der Waals surface area contributed by atoms with E-state index in [2.05, 4.69) is 5.32 Å². The highest BCUT2D eigenvalue weighted by Gasteiger charge is 2.40. The van der Waals surface area contributed by atoms with Crippen LogP contribution in [0.1, 0.15) is 61.6 Å². The predicted molar refractivity (Wildman–Crippen MR) is 388 cm³/mol. The number of rotatable bonds is 43. The number of nitro benzene ring substituents is 5. The summed E-state index contributed by atoms with van der Waals surface area (Å²) in [6.07, 6.45) is -1.60. The van der Waals surface area contributed by atoms with E-state index in [0.717, 1.165) is 94.6 Å². The quantitative estimate of drug-likeness (QED) is 0.0155. The van der Waals surface area contributed by atoms with E-state index >= 15 is 0 Å². The number of sulfonamides is 5. The molecule has 0 aromatic heterocycles. The van der Waals surface area contributed by atoms with Crippen LogP contribution >= 0.6 is 0 Å². The standard InChI is InChI=1S/C68H76N12O20S5/c69-43-22-47-73(103(95,96)65-40-17-12-35-60(65)78(85)86)50-25-52-75(105(99,100)67-42-19-14-37-62(67)80(89)90)54-26-53-74(104(97,98)66-41-18-13-36-61(66)79(87)88)51-24-49-72(102(93,94)64-39-16-11-34-59(64)77(83)84)46-21-20-45-71(101(91,92)63-38-15-10-33-58(63)76(81)82)48-23-44-70-68(55-27-4-1-5-28-55,56-29-6-2-7-30-56)57-31-8-3-9-32-57/h1-19,27-42,70H,20-26,43-54,69H2. The number of nitro groups is 5. The van der Waals surface area contributed by atoms with Gasteiger partial charge in [0, 0.05) is 95.8 Å². The summed E-state index contributed by atoms with van der Waals surface area (Å²) in [5, 5.41) is 65.3. The Morgan fingerprint density at radius 1 is 0.276 bits per heavy atom. The van der Waals surface area contributed by atoms with Crippen molar-refractivity contribution in [2.24, 2.45) is 5.73 Å². The first-order valence-corrected chi connectivity index (χ1v) is 40.0. The molecular formula is C68H76N12O20S5. The largest absolute Gasteiger partial charge is 0.330 e. The minimum Gasteiger partial charge on any atom is -0.330 e. The zero-order valence-electron chi connectivity index (χ0n) is 56.4. The number of unbranched alkanes of at least 4 members (excludes halogenated alkanes) is 1. The lowest BCUT2D eigenvalue weighted by Gasteiger charge is -2.37. The lowest BCUT2D eigenvalue weighted by Crippen LogP contribution is -2.46. The van der Waals surface area contributed by atoms with Gasteiger partial charge < -0.3 is 5.73 Å². The number of hydrogen-bond donors (Lipinski definition) is 2. The predicted octanol–water partition coefficient (Wildman–Crippen LogP) is 9.25. The van der Waals surface area contributed by atoms with Crippen LogP contribution in [-0.4, -0.2) is 167 Å². The van der Waals surface area contributed by atoms with Gasteiger partial charge >= 0.3 is 0 Å². The molecule has 0 heterocycles. The van der Waals surface area contributed by atoms with E-state index in [9.17, 15) is 92.7 Å². The fraction of sp³-hybridized carbons (Fsp3) is 0.294. The molecule has 0 spiro atoms. The van der Waals surface area contributed by atoms with Crippen molar-refractivity contribution in [3.05, 3.63) is 280 Å². The summed E-state index contributed by atoms with van der Waals surface area (Å²) in [4.78, 5) is 53.3. The first-order valence-electron chi connectivity index (χ1n) is 32.8. The molecule has 0 aliphatic heterocycles. The number of hydrogen-bond acceptors (Lipinski definition) is 22. The van der Waals surface area contributed by atoms with Crippen LogP contribution in [0, 0.1) is 50.6 Å². The number of nitrogens with zero attached hydrogens (tertiary/aromatic N) is 10. The van der Waals surface area contributed by atoms with Gasteiger partial charge in [-0.1, -0.05) is 152 Å². The summed E-state index contributed by atoms with van der Waals surface area (Å²) >= 11 is 0. The van der Waals surface area contributed by atoms with E-state index in [-0.39, 0.29) is 64.8 Å². The summed E-state index contributed by atoms with van der Waals surface area (Å²) < 4.78 is 151. The Morgan fingerprint density at radius 2 is 0.467 bits per heavy atom. The molecule has 0 saturated heterocycles. The average Bonchev–Trinajstić information content (AvgIpc) is 0.776. The highest BCUT2D eigenvalue weighted by atomic mass is 32.2. The van der Waals surface area contributed by atoms with Crippen molar-refractivity contribution in [2.45, 2.75) is 75.0 Å². The molecule has 8 aromatic rings. The van der Waals surface area contributed by atoms with E-state index in [1.165, 1.54) is 60.7 Å². The third-order valence-electron chi connectivity index (χ3n) is 17.1. The number of benzene rings is 8. The number of para-hydroxylation sites is 5. The molecule has 0 amide bonds. The molecule has 105 heavy (non-hydrogen) atoms. The van der Waals surface area contributed by atoms with Crippen LogP contribution in [0.5, 0.6) is 0 Å². The van der Waals surface area contributed by atoms with Crippen LogP contribution in [0.15, 0.2) is 237 Å². The van der Waals surface area contributed by atoms with Crippen LogP contribution in [0.4, 0.5) is 28.4 Å². The molecular weight excluding hydrogens is 1470 g/mol. The molecule has 0 atom stereocenters. The van der Waals surface area contributed by atoms with Gasteiger partial charge in [-0.15, -0.1) is 0 Å². The number of nitrogens with one attached hydrogen (secondary N) is 1. The zero-order valence-corrected chi connectivity index (χ0v) is 60.5. The molecule has 0 aliphatic carbocycles. The van der Waals surface area contributed by atoms with Crippen molar-refractivity contribution in [3.8, 4) is 0 Å². The van der Waals surface area contributed by atoms with Crippen LogP contribution in [-0.2, 0) is 55.7 Å². The van der Waals surface area contributed by atoms with Crippen molar-refractivity contribution >= 4 is 78.6 Å². The van der Waals surface area contributed by atoms with Gasteiger partial charge in [-0.3, -0.25) is 55.9 Å². The van der Waals surface area contributed by atoms with Gasteiger partial charge in [0.25, 0.3) is 28.4 Å². The third-order valence-corrected chi connectivity index (χ3v) is 26.8. The van der Waals surface area contributed by atoms with Crippen LogP contribution in [0.3, 0.4) is 0 Å². The second-order valence-corrected chi connectivity index (χ2v) is 33.2. The summed E-state index contributed by atoms with van der Waals surface area (Å²) in [6, 6.07) is 50.7. The molecule has 0 aliphatic rings. The first-order chi connectivity index (χ1) is 50.0. The second-order valence-electron chi connectivity index (χ2n) is 23.7. The molecule has 0 fully saturated rings. The third kappa shape index (κ3) is 19.2. The maximum atomic E-state index is 14.9. The minimum absolute atomic E-state index is 0.0380. The first kappa shape index (κ1) is 80.9. The highest BCUT2D eigenvalue weighted by Crippen LogP contribution is 2.38. The fourth-order valence-corrected chi connectivity index (χ4v) is 20.5.